The van der Waals surface area contributed by atoms with E-state index in [4.69, 9.17) is 4.42 Å². The minimum absolute atomic E-state index is 0.0591. The summed E-state index contributed by atoms with van der Waals surface area (Å²) in [4.78, 5) is 37.8. The molecule has 1 N–H and O–H groups in total. The minimum Gasteiger partial charge on any atom is -0.507 e. The molecule has 1 aromatic heterocycles. The highest BCUT2D eigenvalue weighted by molar-refractivity contribution is 6.51. The predicted octanol–water partition coefficient (Wildman–Crippen LogP) is 4.43. The molecule has 1 fully saturated rings. The Morgan fingerprint density at radius 2 is 1.84 bits per heavy atom. The lowest BCUT2D eigenvalue weighted by molar-refractivity contribution is -0.384. The molecule has 1 unspecified atom stereocenters. The van der Waals surface area contributed by atoms with Crippen LogP contribution in [0, 0.1) is 24.0 Å². The Morgan fingerprint density at radius 1 is 1.06 bits per heavy atom. The highest BCUT2D eigenvalue weighted by Crippen LogP contribution is 2.42. The van der Waals surface area contributed by atoms with Crippen LogP contribution in [0.5, 0.6) is 0 Å². The number of amides is 1. The Balaban J connectivity index is 1.93. The molecule has 0 spiro atoms. The maximum atomic E-state index is 13.0. The van der Waals surface area contributed by atoms with Crippen molar-refractivity contribution in [2.24, 2.45) is 0 Å². The van der Waals surface area contributed by atoms with Crippen LogP contribution in [0.25, 0.3) is 5.76 Å². The van der Waals surface area contributed by atoms with Crippen molar-refractivity contribution in [2.45, 2.75) is 19.9 Å². The van der Waals surface area contributed by atoms with Crippen LogP contribution in [0.4, 0.5) is 11.4 Å². The van der Waals surface area contributed by atoms with Crippen molar-refractivity contribution < 1.29 is 24.0 Å². The molecule has 0 aliphatic carbocycles. The SMILES string of the molecule is Cc1ccc(N2C(=O)C(=O)/C(=C(\O)c3cccc([N+](=O)[O-])c3)C2c2ccco2)cc1C. The number of furan rings is 1. The van der Waals surface area contributed by atoms with E-state index < -0.39 is 28.4 Å². The molecular formula is C23H18N2O6. The largest absolute Gasteiger partial charge is 0.507 e. The average Bonchev–Trinajstić information content (AvgIpc) is 3.37. The number of aliphatic hydroxyl groups excluding tert-OH is 1. The van der Waals surface area contributed by atoms with Gasteiger partial charge in [-0.15, -0.1) is 0 Å². The first-order valence-corrected chi connectivity index (χ1v) is 9.46. The summed E-state index contributed by atoms with van der Waals surface area (Å²) in [6.45, 7) is 3.82. The smallest absolute Gasteiger partial charge is 0.300 e. The molecule has 0 saturated carbocycles. The number of nitrogens with zero attached hydrogens (tertiary/aromatic N) is 2. The van der Waals surface area contributed by atoms with Crippen molar-refractivity contribution in [1.29, 1.82) is 0 Å². The summed E-state index contributed by atoms with van der Waals surface area (Å²) in [5, 5.41) is 22.1. The van der Waals surface area contributed by atoms with Gasteiger partial charge in [0, 0.05) is 23.4 Å². The molecule has 2 aromatic carbocycles. The zero-order valence-corrected chi connectivity index (χ0v) is 16.7. The molecule has 1 saturated heterocycles. The number of nitro groups is 1. The van der Waals surface area contributed by atoms with Crippen molar-refractivity contribution in [3.05, 3.63) is 99.0 Å². The topological polar surface area (TPSA) is 114 Å². The normalized spacial score (nSPS) is 17.9. The number of nitro benzene ring substituents is 1. The zero-order chi connectivity index (χ0) is 22.3. The van der Waals surface area contributed by atoms with Gasteiger partial charge in [-0.05, 0) is 49.2 Å². The van der Waals surface area contributed by atoms with Crippen LogP contribution in [0.15, 0.2) is 70.9 Å². The molecule has 3 aromatic rings. The molecule has 156 valence electrons. The lowest BCUT2D eigenvalue weighted by Crippen LogP contribution is -2.29. The van der Waals surface area contributed by atoms with E-state index in [1.165, 1.54) is 29.4 Å². The van der Waals surface area contributed by atoms with E-state index in [9.17, 15) is 24.8 Å². The molecule has 1 aliphatic rings. The highest BCUT2D eigenvalue weighted by atomic mass is 16.6. The first-order valence-electron chi connectivity index (χ1n) is 9.46. The monoisotopic (exact) mass is 418 g/mol. The summed E-state index contributed by atoms with van der Waals surface area (Å²) >= 11 is 0. The van der Waals surface area contributed by atoms with E-state index in [0.717, 1.165) is 17.2 Å². The standard InChI is InChI=1S/C23H18N2O6/c1-13-8-9-16(11-14(13)2)24-20(18-7-4-10-31-18)19(22(27)23(24)28)21(26)15-5-3-6-17(12-15)25(29)30/h3-12,20,26H,1-2H3/b21-19-. The van der Waals surface area contributed by atoms with Crippen molar-refractivity contribution >= 4 is 28.8 Å². The van der Waals surface area contributed by atoms with Crippen LogP contribution < -0.4 is 4.90 Å². The maximum absolute atomic E-state index is 13.0. The molecule has 0 bridgehead atoms. The minimum atomic E-state index is -1.02. The summed E-state index contributed by atoms with van der Waals surface area (Å²) in [5.74, 6) is -1.94. The molecule has 8 heteroatoms. The quantitative estimate of drug-likeness (QED) is 0.220. The van der Waals surface area contributed by atoms with Gasteiger partial charge in [0.2, 0.25) is 0 Å². The molecule has 8 nitrogen and oxygen atoms in total. The fraction of sp³-hybridized carbons (Fsp3) is 0.130. The van der Waals surface area contributed by atoms with Crippen molar-refractivity contribution in [3.8, 4) is 0 Å². The van der Waals surface area contributed by atoms with Crippen LogP contribution in [0.1, 0.15) is 28.5 Å². The number of carbonyl (C=O) groups excluding carboxylic acids is 2. The Kier molecular flexibility index (Phi) is 4.90. The van der Waals surface area contributed by atoms with Crippen molar-refractivity contribution in [1.82, 2.24) is 0 Å². The van der Waals surface area contributed by atoms with Gasteiger partial charge in [-0.2, -0.15) is 0 Å². The number of carbonyl (C=O) groups is 2. The van der Waals surface area contributed by atoms with E-state index in [1.807, 2.05) is 19.9 Å². The fourth-order valence-corrected chi connectivity index (χ4v) is 3.61. The van der Waals surface area contributed by atoms with E-state index in [0.29, 0.717) is 5.69 Å². The van der Waals surface area contributed by atoms with Crippen LogP contribution in [-0.2, 0) is 9.59 Å². The number of Topliss-reactive ketones (excluding diaryl/α,β-unsaturated/α-hetero) is 1. The summed E-state index contributed by atoms with van der Waals surface area (Å²) in [5.41, 5.74) is 2.04. The predicted molar refractivity (Wildman–Crippen MR) is 113 cm³/mol. The van der Waals surface area contributed by atoms with E-state index in [1.54, 1.807) is 24.3 Å². The number of ketones is 1. The third-order valence-corrected chi connectivity index (χ3v) is 5.36. The van der Waals surface area contributed by atoms with E-state index >= 15 is 0 Å². The lowest BCUT2D eigenvalue weighted by atomic mass is 9.98. The molecule has 1 aliphatic heterocycles. The third-order valence-electron chi connectivity index (χ3n) is 5.36. The molecule has 1 amide bonds. The number of aryl methyl sites for hydroxylation is 2. The number of benzene rings is 2. The van der Waals surface area contributed by atoms with Gasteiger partial charge in [0.1, 0.15) is 17.6 Å². The maximum Gasteiger partial charge on any atom is 0.300 e. The first-order chi connectivity index (χ1) is 14.8. The van der Waals surface area contributed by atoms with Crippen molar-refractivity contribution in [3.63, 3.8) is 0 Å². The molecular weight excluding hydrogens is 400 g/mol. The van der Waals surface area contributed by atoms with Gasteiger partial charge in [-0.25, -0.2) is 0 Å². The third kappa shape index (κ3) is 3.38. The van der Waals surface area contributed by atoms with Crippen LogP contribution in [0.2, 0.25) is 0 Å². The van der Waals surface area contributed by atoms with Gasteiger partial charge in [0.25, 0.3) is 17.4 Å². The summed E-state index contributed by atoms with van der Waals surface area (Å²) in [7, 11) is 0. The number of hydrogen-bond acceptors (Lipinski definition) is 6. The molecule has 31 heavy (non-hydrogen) atoms. The molecule has 1 atom stereocenters. The van der Waals surface area contributed by atoms with E-state index in [-0.39, 0.29) is 22.6 Å². The summed E-state index contributed by atoms with van der Waals surface area (Å²) in [6.07, 6.45) is 1.41. The van der Waals surface area contributed by atoms with Gasteiger partial charge in [0.05, 0.1) is 16.8 Å². The number of hydrogen-bond donors (Lipinski definition) is 1. The molecule has 2 heterocycles. The van der Waals surface area contributed by atoms with Gasteiger partial charge in [-0.3, -0.25) is 24.6 Å². The number of rotatable bonds is 4. The number of anilines is 1. The second kappa shape index (κ2) is 7.56. The fourth-order valence-electron chi connectivity index (χ4n) is 3.61. The van der Waals surface area contributed by atoms with Crippen LogP contribution in [0.3, 0.4) is 0 Å². The number of aliphatic hydroxyl groups is 1. The van der Waals surface area contributed by atoms with Gasteiger partial charge in [0.15, 0.2) is 0 Å². The van der Waals surface area contributed by atoms with Crippen LogP contribution >= 0.6 is 0 Å². The Bertz CT molecular complexity index is 1240. The summed E-state index contributed by atoms with van der Waals surface area (Å²) < 4.78 is 5.50. The second-order valence-corrected chi connectivity index (χ2v) is 7.26. The lowest BCUT2D eigenvalue weighted by Gasteiger charge is -2.24. The zero-order valence-electron chi connectivity index (χ0n) is 16.7. The number of non-ortho nitro benzene ring substituents is 1. The Morgan fingerprint density at radius 3 is 2.48 bits per heavy atom. The average molecular weight is 418 g/mol. The highest BCUT2D eigenvalue weighted by Gasteiger charge is 2.48. The summed E-state index contributed by atoms with van der Waals surface area (Å²) in [6, 6.07) is 12.8. The Hall–Kier alpha value is -4.20. The first kappa shape index (κ1) is 20.1. The van der Waals surface area contributed by atoms with Gasteiger partial charge >= 0.3 is 0 Å². The Labute approximate surface area is 177 Å². The van der Waals surface area contributed by atoms with Gasteiger partial charge in [-0.1, -0.05) is 18.2 Å². The van der Waals surface area contributed by atoms with Crippen LogP contribution in [-0.4, -0.2) is 21.7 Å². The molecule has 4 rings (SSSR count). The van der Waals surface area contributed by atoms with Crippen molar-refractivity contribution in [2.75, 3.05) is 4.90 Å². The van der Waals surface area contributed by atoms with Gasteiger partial charge < -0.3 is 9.52 Å². The molecule has 0 radical (unpaired) electrons. The second-order valence-electron chi connectivity index (χ2n) is 7.26. The van der Waals surface area contributed by atoms with E-state index in [2.05, 4.69) is 0 Å².